The Morgan fingerprint density at radius 1 is 1.35 bits per heavy atom. The molecular weight excluding hydrogens is 346 g/mol. The summed E-state index contributed by atoms with van der Waals surface area (Å²) in [5, 5.41) is 12.0. The Balaban J connectivity index is 1.90. The topological polar surface area (TPSA) is 80.6 Å². The van der Waals surface area contributed by atoms with Gasteiger partial charge < -0.3 is 19.7 Å². The summed E-state index contributed by atoms with van der Waals surface area (Å²) < 4.78 is 34.0. The largest absolute Gasteiger partial charge is 0.478 e. The van der Waals surface area contributed by atoms with E-state index < -0.39 is 29.6 Å². The molecule has 1 aromatic carbocycles. The first-order valence-corrected chi connectivity index (χ1v) is 8.21. The average molecular weight is 364 g/mol. The summed E-state index contributed by atoms with van der Waals surface area (Å²) >= 11 is 0. The van der Waals surface area contributed by atoms with Crippen molar-refractivity contribution in [3.63, 3.8) is 0 Å². The fourth-order valence-corrected chi connectivity index (χ4v) is 3.11. The summed E-state index contributed by atoms with van der Waals surface area (Å²) in [5.74, 6) is -3.10. The maximum absolute atomic E-state index is 14.0. The summed E-state index contributed by atoms with van der Waals surface area (Å²) in [6, 6.07) is 3.83. The monoisotopic (exact) mass is 364 g/mol. The maximum Gasteiger partial charge on any atom is 0.337 e. The predicted octanol–water partition coefficient (Wildman–Crippen LogP) is 2.88. The number of ether oxygens (including phenoxy) is 1. The highest BCUT2D eigenvalue weighted by atomic mass is 19.1. The minimum absolute atomic E-state index is 0.0101. The molecule has 0 fully saturated rings. The van der Waals surface area contributed by atoms with E-state index in [-0.39, 0.29) is 23.4 Å². The average Bonchev–Trinajstić information content (AvgIpc) is 3.00. The Morgan fingerprint density at radius 2 is 2.12 bits per heavy atom. The van der Waals surface area contributed by atoms with Gasteiger partial charge in [0.05, 0.1) is 30.5 Å². The highest BCUT2D eigenvalue weighted by molar-refractivity contribution is 5.98. The van der Waals surface area contributed by atoms with Gasteiger partial charge in [0.2, 0.25) is 0 Å². The number of nitrogens with zero attached hydrogens (tertiary/aromatic N) is 1. The van der Waals surface area contributed by atoms with Crippen molar-refractivity contribution < 1.29 is 28.2 Å². The number of carboxylic acid groups (broad SMARTS) is 1. The number of amides is 1. The highest BCUT2D eigenvalue weighted by Gasteiger charge is 2.27. The fraction of sp³-hybridized carbons (Fsp3) is 0.333. The van der Waals surface area contributed by atoms with Crippen LogP contribution in [0.4, 0.5) is 8.78 Å². The van der Waals surface area contributed by atoms with Crippen LogP contribution < -0.4 is 5.32 Å². The summed E-state index contributed by atoms with van der Waals surface area (Å²) in [6.07, 6.45) is 0.386. The normalized spacial score (nSPS) is 14.6. The zero-order valence-electron chi connectivity index (χ0n) is 14.1. The van der Waals surface area contributed by atoms with Crippen LogP contribution in [0.25, 0.3) is 0 Å². The van der Waals surface area contributed by atoms with Gasteiger partial charge in [0, 0.05) is 18.2 Å². The molecule has 0 aliphatic carbocycles. The zero-order valence-corrected chi connectivity index (χ0v) is 14.1. The molecule has 2 heterocycles. The lowest BCUT2D eigenvalue weighted by molar-refractivity contribution is 0.0656. The number of benzene rings is 1. The molecule has 26 heavy (non-hydrogen) atoms. The van der Waals surface area contributed by atoms with E-state index in [2.05, 4.69) is 5.32 Å². The first-order valence-electron chi connectivity index (χ1n) is 8.21. The van der Waals surface area contributed by atoms with Crippen LogP contribution in [0.2, 0.25) is 0 Å². The number of fused-ring (bicyclic) bond motifs is 1. The quantitative estimate of drug-likeness (QED) is 0.855. The Labute approximate surface area is 148 Å². The molecule has 0 spiro atoms. The van der Waals surface area contributed by atoms with Crippen molar-refractivity contribution >= 4 is 11.9 Å². The van der Waals surface area contributed by atoms with Gasteiger partial charge in [-0.15, -0.1) is 0 Å². The number of carbonyl (C=O) groups is 2. The standard InChI is InChI=1S/C18H18F2N2O4/c1-2-14(11-4-3-10(19)7-13(11)20)21-17(23)15-8-12(18(24)25)16-9-26-6-5-22(15)16/h3-4,7-8,14H,2,5-6,9H2,1H3,(H,21,23)(H,24,25). The second kappa shape index (κ2) is 7.25. The van der Waals surface area contributed by atoms with E-state index in [1.165, 1.54) is 12.1 Å². The third-order valence-corrected chi connectivity index (χ3v) is 4.42. The smallest absolute Gasteiger partial charge is 0.337 e. The van der Waals surface area contributed by atoms with Gasteiger partial charge in [-0.25, -0.2) is 13.6 Å². The number of carbonyl (C=O) groups excluding carboxylic acids is 1. The maximum atomic E-state index is 14.0. The number of aromatic nitrogens is 1. The van der Waals surface area contributed by atoms with Crippen LogP contribution in [0, 0.1) is 11.6 Å². The summed E-state index contributed by atoms with van der Waals surface area (Å²) in [4.78, 5) is 24.1. The number of carboxylic acids is 1. The molecule has 0 saturated carbocycles. The zero-order chi connectivity index (χ0) is 18.8. The Hall–Kier alpha value is -2.74. The van der Waals surface area contributed by atoms with Crippen molar-refractivity contribution in [1.82, 2.24) is 9.88 Å². The highest BCUT2D eigenvalue weighted by Crippen LogP contribution is 2.24. The molecule has 0 radical (unpaired) electrons. The van der Waals surface area contributed by atoms with Crippen LogP contribution in [-0.4, -0.2) is 28.2 Å². The van der Waals surface area contributed by atoms with Gasteiger partial charge in [-0.2, -0.15) is 0 Å². The molecule has 2 N–H and O–H groups in total. The number of hydrogen-bond donors (Lipinski definition) is 2. The molecule has 3 rings (SSSR count). The van der Waals surface area contributed by atoms with Crippen molar-refractivity contribution in [3.8, 4) is 0 Å². The Bertz CT molecular complexity index is 863. The second-order valence-electron chi connectivity index (χ2n) is 6.00. The summed E-state index contributed by atoms with van der Waals surface area (Å²) in [7, 11) is 0. The molecule has 1 atom stereocenters. The van der Waals surface area contributed by atoms with E-state index in [9.17, 15) is 23.5 Å². The van der Waals surface area contributed by atoms with Gasteiger partial charge in [0.15, 0.2) is 0 Å². The number of rotatable bonds is 5. The van der Waals surface area contributed by atoms with Gasteiger partial charge >= 0.3 is 5.97 Å². The van der Waals surface area contributed by atoms with Gasteiger partial charge in [-0.3, -0.25) is 4.79 Å². The number of halogens is 2. The minimum atomic E-state index is -1.14. The van der Waals surface area contributed by atoms with Gasteiger partial charge in [-0.1, -0.05) is 13.0 Å². The molecule has 1 aliphatic heterocycles. The summed E-state index contributed by atoms with van der Waals surface area (Å²) in [5.41, 5.74) is 0.793. The van der Waals surface area contributed by atoms with E-state index in [1.54, 1.807) is 11.5 Å². The molecule has 8 heteroatoms. The minimum Gasteiger partial charge on any atom is -0.478 e. The SMILES string of the molecule is CCC(NC(=O)c1cc(C(=O)O)c2n1CCOC2)c1ccc(F)cc1F. The third kappa shape index (κ3) is 3.32. The molecule has 138 valence electrons. The molecule has 1 aliphatic rings. The van der Waals surface area contributed by atoms with Crippen molar-refractivity contribution in [2.24, 2.45) is 0 Å². The number of aromatic carboxylic acids is 1. The molecule has 1 amide bonds. The Kier molecular flexibility index (Phi) is 5.03. The van der Waals surface area contributed by atoms with Crippen LogP contribution in [-0.2, 0) is 17.9 Å². The van der Waals surface area contributed by atoms with E-state index >= 15 is 0 Å². The molecule has 6 nitrogen and oxygen atoms in total. The van der Waals surface area contributed by atoms with Crippen molar-refractivity contribution in [2.75, 3.05) is 6.61 Å². The Morgan fingerprint density at radius 3 is 2.77 bits per heavy atom. The molecule has 0 bridgehead atoms. The summed E-state index contributed by atoms with van der Waals surface area (Å²) in [6.45, 7) is 2.59. The van der Waals surface area contributed by atoms with E-state index in [1.807, 2.05) is 0 Å². The first kappa shape index (κ1) is 18.1. The van der Waals surface area contributed by atoms with Crippen LogP contribution in [0.3, 0.4) is 0 Å². The second-order valence-corrected chi connectivity index (χ2v) is 6.00. The first-order chi connectivity index (χ1) is 12.4. The van der Waals surface area contributed by atoms with E-state index in [4.69, 9.17) is 4.74 Å². The lowest BCUT2D eigenvalue weighted by atomic mass is 10.0. The van der Waals surface area contributed by atoms with E-state index in [0.717, 1.165) is 12.1 Å². The van der Waals surface area contributed by atoms with Crippen molar-refractivity contribution in [1.29, 1.82) is 0 Å². The molecule has 1 unspecified atom stereocenters. The van der Waals surface area contributed by atoms with Crippen LogP contribution in [0.5, 0.6) is 0 Å². The number of hydrogen-bond acceptors (Lipinski definition) is 3. The van der Waals surface area contributed by atoms with Gasteiger partial charge in [-0.05, 0) is 18.6 Å². The lowest BCUT2D eigenvalue weighted by Crippen LogP contribution is -2.31. The van der Waals surface area contributed by atoms with Crippen LogP contribution in [0.15, 0.2) is 24.3 Å². The molecule has 1 aromatic heterocycles. The van der Waals surface area contributed by atoms with Crippen LogP contribution in [0.1, 0.15) is 51.5 Å². The van der Waals surface area contributed by atoms with Gasteiger partial charge in [0.1, 0.15) is 17.3 Å². The molecular formula is C18H18F2N2O4. The third-order valence-electron chi connectivity index (χ3n) is 4.42. The molecule has 2 aromatic rings. The lowest BCUT2D eigenvalue weighted by Gasteiger charge is -2.21. The fourth-order valence-electron chi connectivity index (χ4n) is 3.11. The molecule has 0 saturated heterocycles. The van der Waals surface area contributed by atoms with Gasteiger partial charge in [0.25, 0.3) is 5.91 Å². The van der Waals surface area contributed by atoms with E-state index in [0.29, 0.717) is 25.3 Å². The van der Waals surface area contributed by atoms with Crippen LogP contribution >= 0.6 is 0 Å². The van der Waals surface area contributed by atoms with Crippen molar-refractivity contribution in [2.45, 2.75) is 32.5 Å². The van der Waals surface area contributed by atoms with Crippen molar-refractivity contribution in [3.05, 3.63) is 58.4 Å². The number of nitrogens with one attached hydrogen (secondary N) is 1. The predicted molar refractivity (Wildman–Crippen MR) is 87.9 cm³/mol.